The summed E-state index contributed by atoms with van der Waals surface area (Å²) in [5, 5.41) is 0.650. The molecule has 0 aliphatic heterocycles. The standard InChI is InChI=1S/C14H12BrClO/c1-2-10-5-3-4-6-14(10)17-11-7-8-12(15)13(16)9-11/h3-9H,2H2,1H3. The zero-order valence-electron chi connectivity index (χ0n) is 9.41. The van der Waals surface area contributed by atoms with E-state index in [0.29, 0.717) is 5.02 Å². The summed E-state index contributed by atoms with van der Waals surface area (Å²) in [4.78, 5) is 0. The van der Waals surface area contributed by atoms with Crippen LogP contribution in [0.3, 0.4) is 0 Å². The van der Waals surface area contributed by atoms with Gasteiger partial charge < -0.3 is 4.74 Å². The molecule has 0 atom stereocenters. The van der Waals surface area contributed by atoms with Crippen molar-refractivity contribution in [1.29, 1.82) is 0 Å². The maximum absolute atomic E-state index is 6.03. The first-order valence-corrected chi connectivity index (χ1v) is 6.58. The van der Waals surface area contributed by atoms with E-state index in [1.54, 1.807) is 6.07 Å². The molecular formula is C14H12BrClO. The summed E-state index contributed by atoms with van der Waals surface area (Å²) < 4.78 is 6.70. The fraction of sp³-hybridized carbons (Fsp3) is 0.143. The van der Waals surface area contributed by atoms with Gasteiger partial charge in [0.2, 0.25) is 0 Å². The van der Waals surface area contributed by atoms with Crippen molar-refractivity contribution in [3.63, 3.8) is 0 Å². The fourth-order valence-electron chi connectivity index (χ4n) is 1.56. The van der Waals surface area contributed by atoms with Gasteiger partial charge in [0.25, 0.3) is 0 Å². The van der Waals surface area contributed by atoms with Crippen LogP contribution in [0.2, 0.25) is 5.02 Å². The number of ether oxygens (including phenoxy) is 1. The SMILES string of the molecule is CCc1ccccc1Oc1ccc(Br)c(Cl)c1. The summed E-state index contributed by atoms with van der Waals surface area (Å²) >= 11 is 9.38. The maximum Gasteiger partial charge on any atom is 0.130 e. The van der Waals surface area contributed by atoms with E-state index >= 15 is 0 Å². The smallest absolute Gasteiger partial charge is 0.130 e. The minimum Gasteiger partial charge on any atom is -0.457 e. The maximum atomic E-state index is 6.03. The second-order valence-electron chi connectivity index (χ2n) is 3.64. The Kier molecular flexibility index (Phi) is 4.08. The first kappa shape index (κ1) is 12.5. The van der Waals surface area contributed by atoms with Crippen LogP contribution >= 0.6 is 27.5 Å². The lowest BCUT2D eigenvalue weighted by atomic mass is 10.1. The molecule has 0 N–H and O–H groups in total. The van der Waals surface area contributed by atoms with Crippen molar-refractivity contribution >= 4 is 27.5 Å². The van der Waals surface area contributed by atoms with Gasteiger partial charge >= 0.3 is 0 Å². The Morgan fingerprint density at radius 1 is 1.18 bits per heavy atom. The molecule has 2 aromatic carbocycles. The molecule has 0 aromatic heterocycles. The number of halogens is 2. The van der Waals surface area contributed by atoms with Crippen molar-refractivity contribution in [2.75, 3.05) is 0 Å². The first-order valence-electron chi connectivity index (χ1n) is 5.41. The van der Waals surface area contributed by atoms with E-state index in [4.69, 9.17) is 16.3 Å². The van der Waals surface area contributed by atoms with Crippen molar-refractivity contribution in [2.24, 2.45) is 0 Å². The van der Waals surface area contributed by atoms with Crippen molar-refractivity contribution in [2.45, 2.75) is 13.3 Å². The molecule has 3 heteroatoms. The molecule has 0 spiro atoms. The average molecular weight is 312 g/mol. The Morgan fingerprint density at radius 2 is 1.94 bits per heavy atom. The zero-order valence-corrected chi connectivity index (χ0v) is 11.8. The predicted molar refractivity (Wildman–Crippen MR) is 75.0 cm³/mol. The molecule has 0 heterocycles. The van der Waals surface area contributed by atoms with Gasteiger partial charge in [0.15, 0.2) is 0 Å². The highest BCUT2D eigenvalue weighted by atomic mass is 79.9. The zero-order chi connectivity index (χ0) is 12.3. The van der Waals surface area contributed by atoms with Gasteiger partial charge in [-0.1, -0.05) is 36.7 Å². The van der Waals surface area contributed by atoms with Gasteiger partial charge in [-0.15, -0.1) is 0 Å². The van der Waals surface area contributed by atoms with Crippen LogP contribution in [0.5, 0.6) is 11.5 Å². The molecule has 0 aliphatic carbocycles. The Hall–Kier alpha value is -0.990. The third kappa shape index (κ3) is 3.02. The lowest BCUT2D eigenvalue weighted by Gasteiger charge is -2.10. The quantitative estimate of drug-likeness (QED) is 0.731. The normalized spacial score (nSPS) is 10.3. The molecule has 0 radical (unpaired) electrons. The summed E-state index contributed by atoms with van der Waals surface area (Å²) in [6, 6.07) is 13.6. The minimum absolute atomic E-state index is 0.650. The molecule has 0 saturated carbocycles. The largest absolute Gasteiger partial charge is 0.457 e. The summed E-state index contributed by atoms with van der Waals surface area (Å²) in [7, 11) is 0. The Balaban J connectivity index is 2.28. The van der Waals surface area contributed by atoms with Crippen LogP contribution < -0.4 is 4.74 Å². The highest BCUT2D eigenvalue weighted by Gasteiger charge is 2.04. The average Bonchev–Trinajstić information content (AvgIpc) is 2.34. The van der Waals surface area contributed by atoms with Gasteiger partial charge in [0.05, 0.1) is 5.02 Å². The second kappa shape index (κ2) is 5.56. The van der Waals surface area contributed by atoms with Crippen LogP contribution in [0.1, 0.15) is 12.5 Å². The summed E-state index contributed by atoms with van der Waals surface area (Å²) in [6.45, 7) is 2.11. The molecule has 1 nitrogen and oxygen atoms in total. The molecular weight excluding hydrogens is 300 g/mol. The van der Waals surface area contributed by atoms with Crippen molar-refractivity contribution < 1.29 is 4.74 Å². The second-order valence-corrected chi connectivity index (χ2v) is 4.90. The van der Waals surface area contributed by atoms with Gasteiger partial charge in [-0.2, -0.15) is 0 Å². The lowest BCUT2D eigenvalue weighted by molar-refractivity contribution is 0.477. The lowest BCUT2D eigenvalue weighted by Crippen LogP contribution is -1.89. The molecule has 0 amide bonds. The molecule has 88 valence electrons. The highest BCUT2D eigenvalue weighted by Crippen LogP contribution is 2.31. The third-order valence-electron chi connectivity index (χ3n) is 2.47. The number of hydrogen-bond acceptors (Lipinski definition) is 1. The van der Waals surface area contributed by atoms with Crippen LogP contribution in [0.15, 0.2) is 46.9 Å². The van der Waals surface area contributed by atoms with E-state index in [1.807, 2.05) is 30.3 Å². The number of hydrogen-bond donors (Lipinski definition) is 0. The first-order chi connectivity index (χ1) is 8.20. The number of para-hydroxylation sites is 1. The van der Waals surface area contributed by atoms with Crippen LogP contribution in [-0.4, -0.2) is 0 Å². The van der Waals surface area contributed by atoms with E-state index in [9.17, 15) is 0 Å². The summed E-state index contributed by atoms with van der Waals surface area (Å²) in [6.07, 6.45) is 0.945. The molecule has 2 rings (SSSR count). The molecule has 0 bridgehead atoms. The van der Waals surface area contributed by atoms with Crippen molar-refractivity contribution in [3.8, 4) is 11.5 Å². The summed E-state index contributed by atoms with van der Waals surface area (Å²) in [5.74, 6) is 1.63. The van der Waals surface area contributed by atoms with Crippen LogP contribution in [0.4, 0.5) is 0 Å². The fourth-order valence-corrected chi connectivity index (χ4v) is 1.98. The third-order valence-corrected chi connectivity index (χ3v) is 3.70. The van der Waals surface area contributed by atoms with E-state index in [2.05, 4.69) is 28.9 Å². The van der Waals surface area contributed by atoms with Gasteiger partial charge in [-0.3, -0.25) is 0 Å². The topological polar surface area (TPSA) is 9.23 Å². The van der Waals surface area contributed by atoms with Crippen molar-refractivity contribution in [1.82, 2.24) is 0 Å². The van der Waals surface area contributed by atoms with Gasteiger partial charge in [-0.05, 0) is 46.1 Å². The van der Waals surface area contributed by atoms with E-state index in [-0.39, 0.29) is 0 Å². The minimum atomic E-state index is 0.650. The molecule has 0 fully saturated rings. The molecule has 2 aromatic rings. The van der Waals surface area contributed by atoms with Gasteiger partial charge in [-0.25, -0.2) is 0 Å². The monoisotopic (exact) mass is 310 g/mol. The van der Waals surface area contributed by atoms with Crippen LogP contribution in [0.25, 0.3) is 0 Å². The predicted octanol–water partition coefficient (Wildman–Crippen LogP) is 5.46. The molecule has 0 saturated heterocycles. The van der Waals surface area contributed by atoms with Gasteiger partial charge in [0, 0.05) is 10.5 Å². The number of aryl methyl sites for hydroxylation is 1. The Bertz CT molecular complexity index is 525. The molecule has 0 aliphatic rings. The highest BCUT2D eigenvalue weighted by molar-refractivity contribution is 9.10. The molecule has 17 heavy (non-hydrogen) atoms. The Morgan fingerprint density at radius 3 is 2.65 bits per heavy atom. The molecule has 0 unspecified atom stereocenters. The van der Waals surface area contributed by atoms with E-state index in [0.717, 1.165) is 22.4 Å². The van der Waals surface area contributed by atoms with Gasteiger partial charge in [0.1, 0.15) is 11.5 Å². The number of benzene rings is 2. The van der Waals surface area contributed by atoms with E-state index in [1.165, 1.54) is 5.56 Å². The van der Waals surface area contributed by atoms with Crippen LogP contribution in [0, 0.1) is 0 Å². The summed E-state index contributed by atoms with van der Waals surface area (Å²) in [5.41, 5.74) is 1.19. The number of rotatable bonds is 3. The van der Waals surface area contributed by atoms with Crippen molar-refractivity contribution in [3.05, 3.63) is 57.5 Å². The van der Waals surface area contributed by atoms with E-state index < -0.39 is 0 Å². The van der Waals surface area contributed by atoms with Crippen LogP contribution in [-0.2, 0) is 6.42 Å². The Labute approximate surface area is 115 Å².